The van der Waals surface area contributed by atoms with E-state index in [2.05, 4.69) is 40.4 Å². The van der Waals surface area contributed by atoms with Gasteiger partial charge < -0.3 is 4.90 Å². The zero-order valence-corrected chi connectivity index (χ0v) is 16.6. The average molecular weight is 400 g/mol. The van der Waals surface area contributed by atoms with Gasteiger partial charge in [-0.25, -0.2) is 13.1 Å². The molecule has 140 valence electrons. The lowest BCUT2D eigenvalue weighted by Crippen LogP contribution is -3.12. The van der Waals surface area contributed by atoms with E-state index in [1.165, 1.54) is 20.9 Å². The van der Waals surface area contributed by atoms with Crippen molar-refractivity contribution in [3.8, 4) is 0 Å². The van der Waals surface area contributed by atoms with Gasteiger partial charge in [-0.1, -0.05) is 48.5 Å². The van der Waals surface area contributed by atoms with Gasteiger partial charge in [0.2, 0.25) is 10.0 Å². The van der Waals surface area contributed by atoms with Crippen molar-refractivity contribution in [2.75, 3.05) is 13.1 Å². The lowest BCUT2D eigenvalue weighted by atomic mass is 9.98. The first kappa shape index (κ1) is 18.4. The van der Waals surface area contributed by atoms with Crippen molar-refractivity contribution in [3.05, 3.63) is 88.1 Å². The Morgan fingerprint density at radius 1 is 0.963 bits per heavy atom. The largest absolute Gasteiger partial charge is 0.323 e. The van der Waals surface area contributed by atoms with Crippen LogP contribution >= 0.6 is 11.3 Å². The molecule has 2 heterocycles. The summed E-state index contributed by atoms with van der Waals surface area (Å²) in [4.78, 5) is 2.95. The van der Waals surface area contributed by atoms with Crippen molar-refractivity contribution in [2.45, 2.75) is 23.9 Å². The maximum atomic E-state index is 12.7. The van der Waals surface area contributed by atoms with Gasteiger partial charge in [0.15, 0.2) is 0 Å². The first-order valence-electron chi connectivity index (χ1n) is 9.13. The van der Waals surface area contributed by atoms with E-state index >= 15 is 0 Å². The van der Waals surface area contributed by atoms with E-state index in [0.29, 0.717) is 11.4 Å². The number of fused-ring (bicyclic) bond motifs is 1. The molecule has 1 aromatic heterocycles. The van der Waals surface area contributed by atoms with E-state index < -0.39 is 10.0 Å². The Kier molecular flexibility index (Phi) is 5.41. The highest BCUT2D eigenvalue weighted by molar-refractivity contribution is 7.89. The third kappa shape index (κ3) is 4.14. The third-order valence-corrected chi connectivity index (χ3v) is 7.59. The molecule has 27 heavy (non-hydrogen) atoms. The Morgan fingerprint density at radius 3 is 2.44 bits per heavy atom. The first-order valence-corrected chi connectivity index (χ1v) is 11.5. The molecule has 0 spiro atoms. The Bertz CT molecular complexity index is 986. The molecule has 3 aromatic rings. The molecule has 0 saturated heterocycles. The molecule has 6 heteroatoms. The average Bonchev–Trinajstić information content (AvgIpc) is 3.23. The summed E-state index contributed by atoms with van der Waals surface area (Å²) in [6.45, 7) is 2.33. The zero-order valence-electron chi connectivity index (χ0n) is 15.0. The minimum Gasteiger partial charge on any atom is -0.323 e. The Morgan fingerprint density at radius 2 is 1.70 bits per heavy atom. The van der Waals surface area contributed by atoms with Crippen LogP contribution in [0.15, 0.2) is 77.0 Å². The minimum absolute atomic E-state index is 0.108. The highest BCUT2D eigenvalue weighted by Crippen LogP contribution is 2.19. The monoisotopic (exact) mass is 399 g/mol. The summed E-state index contributed by atoms with van der Waals surface area (Å²) >= 11 is 1.70. The van der Waals surface area contributed by atoms with Gasteiger partial charge in [0, 0.05) is 12.0 Å². The third-order valence-electron chi connectivity index (χ3n) is 5.16. The number of sulfonamides is 1. The molecule has 1 aliphatic heterocycles. The first-order chi connectivity index (χ1) is 13.1. The fraction of sp³-hybridized carbons (Fsp3) is 0.238. The summed E-state index contributed by atoms with van der Waals surface area (Å²) in [5, 5.41) is 2.06. The van der Waals surface area contributed by atoms with Crippen LogP contribution in [0.5, 0.6) is 0 Å². The van der Waals surface area contributed by atoms with Crippen molar-refractivity contribution >= 4 is 21.4 Å². The van der Waals surface area contributed by atoms with E-state index in [4.69, 9.17) is 0 Å². The summed E-state index contributed by atoms with van der Waals surface area (Å²) in [7, 11) is -3.50. The van der Waals surface area contributed by atoms with Crippen molar-refractivity contribution in [2.24, 2.45) is 0 Å². The van der Waals surface area contributed by atoms with Crippen LogP contribution in [0.3, 0.4) is 0 Å². The number of hydrogen-bond donors (Lipinski definition) is 2. The van der Waals surface area contributed by atoms with Crippen LogP contribution in [0.25, 0.3) is 0 Å². The standard InChI is InChI=1S/C21H22N2O2S2/c24-27(25,19-9-2-1-3-10-19)22-15-20(21-11-6-14-26-21)23-13-12-17-7-4-5-8-18(17)16-23/h1-11,14,20,22H,12-13,15-16H2/p+1/t20-/m1/s1. The maximum Gasteiger partial charge on any atom is 0.240 e. The lowest BCUT2D eigenvalue weighted by Gasteiger charge is -2.32. The second-order valence-corrected chi connectivity index (χ2v) is 9.58. The van der Waals surface area contributed by atoms with Gasteiger partial charge in [-0.3, -0.25) is 0 Å². The molecule has 2 atom stereocenters. The van der Waals surface area contributed by atoms with Gasteiger partial charge in [-0.05, 0) is 29.1 Å². The maximum absolute atomic E-state index is 12.7. The molecule has 0 radical (unpaired) electrons. The van der Waals surface area contributed by atoms with E-state index in [9.17, 15) is 8.42 Å². The quantitative estimate of drug-likeness (QED) is 0.669. The number of rotatable bonds is 6. The van der Waals surface area contributed by atoms with Crippen molar-refractivity contribution in [1.29, 1.82) is 0 Å². The van der Waals surface area contributed by atoms with E-state index in [0.717, 1.165) is 19.5 Å². The molecule has 1 aliphatic rings. The molecule has 1 unspecified atom stereocenters. The molecule has 0 aliphatic carbocycles. The van der Waals surface area contributed by atoms with Crippen LogP contribution in [-0.2, 0) is 23.0 Å². The van der Waals surface area contributed by atoms with Crippen LogP contribution in [0.2, 0.25) is 0 Å². The van der Waals surface area contributed by atoms with Crippen LogP contribution in [0, 0.1) is 0 Å². The molecular weight excluding hydrogens is 376 g/mol. The van der Waals surface area contributed by atoms with Crippen molar-refractivity contribution in [1.82, 2.24) is 4.72 Å². The van der Waals surface area contributed by atoms with Crippen molar-refractivity contribution in [3.63, 3.8) is 0 Å². The molecule has 0 amide bonds. The fourth-order valence-corrected chi connectivity index (χ4v) is 5.67. The molecule has 2 N–H and O–H groups in total. The number of quaternary nitrogens is 1. The molecular formula is C21H23N2O2S2+. The fourth-order valence-electron chi connectivity index (χ4n) is 3.71. The number of hydrogen-bond acceptors (Lipinski definition) is 3. The van der Waals surface area contributed by atoms with Crippen LogP contribution < -0.4 is 9.62 Å². The van der Waals surface area contributed by atoms with Gasteiger partial charge >= 0.3 is 0 Å². The predicted octanol–water partition coefficient (Wildman–Crippen LogP) is 2.41. The zero-order chi connectivity index (χ0) is 18.7. The second-order valence-electron chi connectivity index (χ2n) is 6.84. The smallest absolute Gasteiger partial charge is 0.240 e. The summed E-state index contributed by atoms with van der Waals surface area (Å²) < 4.78 is 28.2. The van der Waals surface area contributed by atoms with E-state index in [1.54, 1.807) is 35.6 Å². The normalized spacial score (nSPS) is 18.0. The van der Waals surface area contributed by atoms with Gasteiger partial charge in [0.05, 0.1) is 22.9 Å². The summed E-state index contributed by atoms with van der Waals surface area (Å²) in [6.07, 6.45) is 1.03. The molecule has 0 bridgehead atoms. The highest BCUT2D eigenvalue weighted by atomic mass is 32.2. The van der Waals surface area contributed by atoms with E-state index in [1.807, 2.05) is 12.1 Å². The second kappa shape index (κ2) is 7.94. The molecule has 0 saturated carbocycles. The van der Waals surface area contributed by atoms with Gasteiger partial charge in [-0.2, -0.15) is 0 Å². The van der Waals surface area contributed by atoms with Gasteiger partial charge in [0.1, 0.15) is 12.6 Å². The molecule has 2 aromatic carbocycles. The molecule has 0 fully saturated rings. The Labute approximate surface area is 164 Å². The van der Waals surface area contributed by atoms with Gasteiger partial charge in [-0.15, -0.1) is 11.3 Å². The van der Waals surface area contributed by atoms with Crippen LogP contribution in [-0.4, -0.2) is 21.5 Å². The summed E-state index contributed by atoms with van der Waals surface area (Å²) in [5.74, 6) is 0. The van der Waals surface area contributed by atoms with Gasteiger partial charge in [0.25, 0.3) is 0 Å². The van der Waals surface area contributed by atoms with Crippen molar-refractivity contribution < 1.29 is 13.3 Å². The highest BCUT2D eigenvalue weighted by Gasteiger charge is 2.30. The topological polar surface area (TPSA) is 50.6 Å². The van der Waals surface area contributed by atoms with E-state index in [-0.39, 0.29) is 6.04 Å². The lowest BCUT2D eigenvalue weighted by molar-refractivity contribution is -0.945. The number of thiophene rings is 1. The number of nitrogens with one attached hydrogen (secondary N) is 2. The minimum atomic E-state index is -3.50. The summed E-state index contributed by atoms with van der Waals surface area (Å²) in [5.41, 5.74) is 2.78. The molecule has 4 rings (SSSR count). The SMILES string of the molecule is O=S(=O)(NC[C@H](c1cccs1)[NH+]1CCc2ccccc2C1)c1ccccc1. The van der Waals surface area contributed by atoms with Crippen LogP contribution in [0.1, 0.15) is 22.0 Å². The number of benzene rings is 2. The molecule has 4 nitrogen and oxygen atoms in total. The predicted molar refractivity (Wildman–Crippen MR) is 108 cm³/mol. The van der Waals surface area contributed by atoms with Crippen LogP contribution in [0.4, 0.5) is 0 Å². The Hall–Kier alpha value is -1.99. The summed E-state index contributed by atoms with van der Waals surface area (Å²) in [6, 6.07) is 21.4. The Balaban J connectivity index is 1.55.